The lowest BCUT2D eigenvalue weighted by Crippen LogP contribution is -2.26. The van der Waals surface area contributed by atoms with Crippen molar-refractivity contribution in [2.24, 2.45) is 0 Å². The molecule has 0 amide bonds. The normalized spacial score (nSPS) is 13.9. The fraction of sp³-hybridized carbons (Fsp3) is 0.400. The maximum atomic E-state index is 11.1. The van der Waals surface area contributed by atoms with Crippen LogP contribution >= 0.6 is 0 Å². The zero-order valence-corrected chi connectivity index (χ0v) is 9.21. The molecule has 1 N–H and O–H groups in total. The largest absolute Gasteiger partial charge is 0.213 e. The van der Waals surface area contributed by atoms with Crippen LogP contribution in [0, 0.1) is 0 Å². The van der Waals surface area contributed by atoms with Crippen LogP contribution in [-0.2, 0) is 10.0 Å². The van der Waals surface area contributed by atoms with Gasteiger partial charge < -0.3 is 0 Å². The summed E-state index contributed by atoms with van der Waals surface area (Å²) in [7, 11) is -3.13. The van der Waals surface area contributed by atoms with Crippen LogP contribution in [0.2, 0.25) is 0 Å². The Hall–Kier alpha value is -0.870. The van der Waals surface area contributed by atoms with E-state index >= 15 is 0 Å². The molecule has 0 heterocycles. The molecule has 0 saturated carbocycles. The van der Waals surface area contributed by atoms with Gasteiger partial charge in [0.15, 0.2) is 0 Å². The standard InChI is InChI=1S/C10H15NO2S/c1-3-10(11-14(2,12)13)9-7-5-4-6-8-9/h4-8,10-11H,3H2,1-2H3/t10-/m1/s1. The SMILES string of the molecule is CC[C@@H](NS(C)(=O)=O)c1ccccc1. The third-order valence-electron chi connectivity index (χ3n) is 1.97. The van der Waals surface area contributed by atoms with Crippen molar-refractivity contribution < 1.29 is 8.42 Å². The smallest absolute Gasteiger partial charge is 0.209 e. The van der Waals surface area contributed by atoms with E-state index < -0.39 is 10.0 Å². The van der Waals surface area contributed by atoms with Gasteiger partial charge in [-0.2, -0.15) is 0 Å². The maximum absolute atomic E-state index is 11.1. The van der Waals surface area contributed by atoms with Crippen LogP contribution in [0.4, 0.5) is 0 Å². The topological polar surface area (TPSA) is 46.2 Å². The average molecular weight is 213 g/mol. The van der Waals surface area contributed by atoms with Gasteiger partial charge in [-0.15, -0.1) is 0 Å². The van der Waals surface area contributed by atoms with Gasteiger partial charge in [0.25, 0.3) is 0 Å². The van der Waals surface area contributed by atoms with Crippen molar-refractivity contribution in [2.45, 2.75) is 19.4 Å². The van der Waals surface area contributed by atoms with Gasteiger partial charge in [-0.25, -0.2) is 13.1 Å². The van der Waals surface area contributed by atoms with Crippen LogP contribution < -0.4 is 4.72 Å². The predicted octanol–water partition coefficient (Wildman–Crippen LogP) is 1.69. The summed E-state index contributed by atoms with van der Waals surface area (Å²) < 4.78 is 24.7. The lowest BCUT2D eigenvalue weighted by Gasteiger charge is -2.15. The number of rotatable bonds is 4. The van der Waals surface area contributed by atoms with Crippen LogP contribution in [-0.4, -0.2) is 14.7 Å². The summed E-state index contributed by atoms with van der Waals surface area (Å²) in [5.41, 5.74) is 1.00. The van der Waals surface area contributed by atoms with E-state index in [1.807, 2.05) is 37.3 Å². The summed E-state index contributed by atoms with van der Waals surface area (Å²) >= 11 is 0. The number of hydrogen-bond donors (Lipinski definition) is 1. The van der Waals surface area contributed by atoms with E-state index in [4.69, 9.17) is 0 Å². The van der Waals surface area contributed by atoms with Crippen molar-refractivity contribution in [1.82, 2.24) is 4.72 Å². The first-order valence-corrected chi connectivity index (χ1v) is 6.44. The fourth-order valence-corrected chi connectivity index (χ4v) is 2.15. The second kappa shape index (κ2) is 4.57. The van der Waals surface area contributed by atoms with Crippen molar-refractivity contribution in [2.75, 3.05) is 6.26 Å². The first-order chi connectivity index (χ1) is 6.53. The van der Waals surface area contributed by atoms with E-state index in [0.29, 0.717) is 0 Å². The Balaban J connectivity index is 2.84. The molecule has 1 rings (SSSR count). The predicted molar refractivity (Wildman–Crippen MR) is 57.5 cm³/mol. The zero-order chi connectivity index (χ0) is 10.6. The molecule has 0 unspecified atom stereocenters. The van der Waals surface area contributed by atoms with E-state index in [1.165, 1.54) is 6.26 Å². The van der Waals surface area contributed by atoms with E-state index in [2.05, 4.69) is 4.72 Å². The molecule has 0 aromatic heterocycles. The summed E-state index contributed by atoms with van der Waals surface area (Å²) in [6.07, 6.45) is 1.93. The summed E-state index contributed by atoms with van der Waals surface area (Å²) in [5.74, 6) is 0. The van der Waals surface area contributed by atoms with E-state index in [9.17, 15) is 8.42 Å². The highest BCUT2D eigenvalue weighted by Crippen LogP contribution is 2.16. The summed E-state index contributed by atoms with van der Waals surface area (Å²) in [5, 5.41) is 0. The molecule has 1 aromatic carbocycles. The average Bonchev–Trinajstić information content (AvgIpc) is 2.14. The molecule has 1 aromatic rings. The Morgan fingerprint density at radius 2 is 1.86 bits per heavy atom. The van der Waals surface area contributed by atoms with Gasteiger partial charge in [0.05, 0.1) is 6.26 Å². The first-order valence-electron chi connectivity index (χ1n) is 4.55. The molecule has 0 aliphatic heterocycles. The molecule has 0 saturated heterocycles. The quantitative estimate of drug-likeness (QED) is 0.827. The maximum Gasteiger partial charge on any atom is 0.209 e. The Bertz CT molecular complexity index is 372. The van der Waals surface area contributed by atoms with Crippen molar-refractivity contribution in [3.8, 4) is 0 Å². The van der Waals surface area contributed by atoms with Gasteiger partial charge in [-0.05, 0) is 12.0 Å². The Morgan fingerprint density at radius 1 is 1.29 bits per heavy atom. The molecule has 1 atom stereocenters. The Labute approximate surface area is 85.2 Å². The summed E-state index contributed by atoms with van der Waals surface area (Å²) in [6, 6.07) is 9.45. The van der Waals surface area contributed by atoms with Crippen molar-refractivity contribution >= 4 is 10.0 Å². The monoisotopic (exact) mass is 213 g/mol. The number of hydrogen-bond acceptors (Lipinski definition) is 2. The summed E-state index contributed by atoms with van der Waals surface area (Å²) in [6.45, 7) is 1.95. The third-order valence-corrected chi connectivity index (χ3v) is 2.68. The van der Waals surface area contributed by atoms with Crippen molar-refractivity contribution in [1.29, 1.82) is 0 Å². The highest BCUT2D eigenvalue weighted by atomic mass is 32.2. The minimum atomic E-state index is -3.13. The Kier molecular flexibility index (Phi) is 3.66. The molecule has 0 radical (unpaired) electrons. The lowest BCUT2D eigenvalue weighted by atomic mass is 10.1. The van der Waals surface area contributed by atoms with Crippen LogP contribution in [0.1, 0.15) is 24.9 Å². The van der Waals surface area contributed by atoms with Crippen LogP contribution in [0.25, 0.3) is 0 Å². The van der Waals surface area contributed by atoms with Gasteiger partial charge in [0, 0.05) is 6.04 Å². The van der Waals surface area contributed by atoms with Crippen LogP contribution in [0.5, 0.6) is 0 Å². The fourth-order valence-electron chi connectivity index (χ4n) is 1.33. The molecule has 0 aliphatic carbocycles. The van der Waals surface area contributed by atoms with E-state index in [-0.39, 0.29) is 6.04 Å². The molecular formula is C10H15NO2S. The molecule has 0 aliphatic rings. The third kappa shape index (κ3) is 3.47. The van der Waals surface area contributed by atoms with Gasteiger partial charge in [0.1, 0.15) is 0 Å². The van der Waals surface area contributed by atoms with Gasteiger partial charge in [-0.3, -0.25) is 0 Å². The van der Waals surface area contributed by atoms with Crippen LogP contribution in [0.15, 0.2) is 30.3 Å². The zero-order valence-electron chi connectivity index (χ0n) is 8.40. The molecular weight excluding hydrogens is 198 g/mol. The van der Waals surface area contributed by atoms with Crippen molar-refractivity contribution in [3.05, 3.63) is 35.9 Å². The molecule has 3 nitrogen and oxygen atoms in total. The van der Waals surface area contributed by atoms with E-state index in [1.54, 1.807) is 0 Å². The Morgan fingerprint density at radius 3 is 2.29 bits per heavy atom. The van der Waals surface area contributed by atoms with E-state index in [0.717, 1.165) is 12.0 Å². The highest BCUT2D eigenvalue weighted by molar-refractivity contribution is 7.88. The summed E-state index contributed by atoms with van der Waals surface area (Å²) in [4.78, 5) is 0. The molecule has 0 bridgehead atoms. The molecule has 78 valence electrons. The van der Waals surface area contributed by atoms with Crippen LogP contribution in [0.3, 0.4) is 0 Å². The van der Waals surface area contributed by atoms with Gasteiger partial charge in [-0.1, -0.05) is 37.3 Å². The molecule has 0 spiro atoms. The molecule has 0 fully saturated rings. The number of benzene rings is 1. The number of sulfonamides is 1. The minimum absolute atomic E-state index is 0.119. The highest BCUT2D eigenvalue weighted by Gasteiger charge is 2.12. The lowest BCUT2D eigenvalue weighted by molar-refractivity contribution is 0.555. The second-order valence-electron chi connectivity index (χ2n) is 3.26. The second-order valence-corrected chi connectivity index (χ2v) is 5.04. The molecule has 4 heteroatoms. The van der Waals surface area contributed by atoms with Crippen molar-refractivity contribution in [3.63, 3.8) is 0 Å². The first kappa shape index (κ1) is 11.2. The number of nitrogens with one attached hydrogen (secondary N) is 1. The molecule has 14 heavy (non-hydrogen) atoms. The minimum Gasteiger partial charge on any atom is -0.213 e. The van der Waals surface area contributed by atoms with Gasteiger partial charge >= 0.3 is 0 Å². The van der Waals surface area contributed by atoms with Gasteiger partial charge in [0.2, 0.25) is 10.0 Å².